The molecule has 150 valence electrons. The second kappa shape index (κ2) is 9.18. The number of hydrazone groups is 1. The lowest BCUT2D eigenvalue weighted by Crippen LogP contribution is -2.13. The Hall–Kier alpha value is -3.14. The van der Waals surface area contributed by atoms with Crippen LogP contribution in [0.25, 0.3) is 0 Å². The number of nitro groups is 1. The van der Waals surface area contributed by atoms with Crippen molar-refractivity contribution < 1.29 is 18.1 Å². The van der Waals surface area contributed by atoms with Crippen LogP contribution in [-0.2, 0) is 10.0 Å². The summed E-state index contributed by atoms with van der Waals surface area (Å²) in [5.41, 5.74) is 3.54. The molecule has 0 amide bonds. The Labute approximate surface area is 163 Å². The molecule has 0 aliphatic rings. The summed E-state index contributed by atoms with van der Waals surface area (Å²) in [5.74, 6) is 0.577. The van der Waals surface area contributed by atoms with E-state index >= 15 is 0 Å². The number of nitrogens with one attached hydrogen (secondary N) is 2. The number of anilines is 2. The fourth-order valence-electron chi connectivity index (χ4n) is 2.34. The summed E-state index contributed by atoms with van der Waals surface area (Å²) in [5, 5.41) is 15.5. The highest BCUT2D eigenvalue weighted by molar-refractivity contribution is 7.92. The molecule has 0 atom stereocenters. The number of hydrogen-bond acceptors (Lipinski definition) is 7. The van der Waals surface area contributed by atoms with Crippen molar-refractivity contribution in [3.63, 3.8) is 0 Å². The molecule has 2 aromatic rings. The average Bonchev–Trinajstić information content (AvgIpc) is 2.69. The third kappa shape index (κ3) is 5.19. The molecule has 0 bridgehead atoms. The average molecular weight is 406 g/mol. The maximum atomic E-state index is 12.6. The SMILES string of the molecule is CCC(CC)=NNc1ccc(S(=O)(=O)Nc2ccc(OC)cc2)cc1[N+](=O)[O-]. The van der Waals surface area contributed by atoms with Crippen molar-refractivity contribution in [3.05, 3.63) is 52.6 Å². The fraction of sp³-hybridized carbons (Fsp3) is 0.278. The Bertz CT molecular complexity index is 966. The van der Waals surface area contributed by atoms with Gasteiger partial charge in [0.1, 0.15) is 11.4 Å². The minimum atomic E-state index is -4.01. The van der Waals surface area contributed by atoms with Crippen LogP contribution in [0.4, 0.5) is 17.1 Å². The summed E-state index contributed by atoms with van der Waals surface area (Å²) in [6.07, 6.45) is 1.41. The van der Waals surface area contributed by atoms with Crippen molar-refractivity contribution in [1.82, 2.24) is 0 Å². The highest BCUT2D eigenvalue weighted by Crippen LogP contribution is 2.29. The molecule has 9 nitrogen and oxygen atoms in total. The first-order chi connectivity index (χ1) is 13.3. The monoisotopic (exact) mass is 406 g/mol. The first-order valence-corrected chi connectivity index (χ1v) is 10.1. The van der Waals surface area contributed by atoms with Gasteiger partial charge in [-0.05, 0) is 49.2 Å². The fourth-order valence-corrected chi connectivity index (χ4v) is 3.42. The molecule has 0 saturated carbocycles. The lowest BCUT2D eigenvalue weighted by Gasteiger charge is -2.10. The minimum absolute atomic E-state index is 0.118. The number of sulfonamides is 1. The number of nitrogens with zero attached hydrogens (tertiary/aromatic N) is 2. The first-order valence-electron chi connectivity index (χ1n) is 8.57. The summed E-state index contributed by atoms with van der Waals surface area (Å²) in [4.78, 5) is 10.5. The van der Waals surface area contributed by atoms with E-state index < -0.39 is 14.9 Å². The van der Waals surface area contributed by atoms with E-state index in [4.69, 9.17) is 4.74 Å². The number of benzene rings is 2. The maximum absolute atomic E-state index is 12.6. The number of nitro benzene ring substituents is 1. The highest BCUT2D eigenvalue weighted by atomic mass is 32.2. The highest BCUT2D eigenvalue weighted by Gasteiger charge is 2.21. The second-order valence-electron chi connectivity index (χ2n) is 5.77. The van der Waals surface area contributed by atoms with Crippen molar-refractivity contribution in [2.24, 2.45) is 5.10 Å². The molecule has 10 heteroatoms. The van der Waals surface area contributed by atoms with Gasteiger partial charge in [0.2, 0.25) is 0 Å². The standard InChI is InChI=1S/C18H22N4O5S/c1-4-13(5-2)19-20-17-11-10-16(12-18(17)22(23)24)28(25,26)21-14-6-8-15(27-3)9-7-14/h6-12,20-21H,4-5H2,1-3H3. The van der Waals surface area contributed by atoms with Crippen molar-refractivity contribution in [2.75, 3.05) is 17.3 Å². The van der Waals surface area contributed by atoms with E-state index in [1.165, 1.54) is 31.4 Å². The van der Waals surface area contributed by atoms with Crippen LogP contribution in [0.5, 0.6) is 5.75 Å². The molecule has 0 saturated heterocycles. The molecule has 2 aromatic carbocycles. The smallest absolute Gasteiger partial charge is 0.295 e. The minimum Gasteiger partial charge on any atom is -0.497 e. The first kappa shape index (κ1) is 21.2. The van der Waals surface area contributed by atoms with E-state index in [0.717, 1.165) is 11.8 Å². The Morgan fingerprint density at radius 2 is 1.79 bits per heavy atom. The number of rotatable bonds is 9. The van der Waals surface area contributed by atoms with Gasteiger partial charge in [-0.15, -0.1) is 0 Å². The Morgan fingerprint density at radius 3 is 2.32 bits per heavy atom. The van der Waals surface area contributed by atoms with Gasteiger partial charge in [-0.1, -0.05) is 13.8 Å². The molecule has 0 aromatic heterocycles. The molecule has 0 fully saturated rings. The van der Waals surface area contributed by atoms with Gasteiger partial charge >= 0.3 is 0 Å². The summed E-state index contributed by atoms with van der Waals surface area (Å²) in [6.45, 7) is 3.86. The number of methoxy groups -OCH3 is 1. The van der Waals surface area contributed by atoms with Crippen molar-refractivity contribution in [3.8, 4) is 5.75 Å². The third-order valence-electron chi connectivity index (χ3n) is 3.97. The Kier molecular flexibility index (Phi) is 6.94. The zero-order valence-electron chi connectivity index (χ0n) is 15.8. The van der Waals surface area contributed by atoms with Gasteiger partial charge in [0.15, 0.2) is 0 Å². The van der Waals surface area contributed by atoms with Crippen molar-refractivity contribution in [1.29, 1.82) is 0 Å². The lowest BCUT2D eigenvalue weighted by molar-refractivity contribution is -0.384. The number of ether oxygens (including phenoxy) is 1. The van der Waals surface area contributed by atoms with Crippen LogP contribution in [0, 0.1) is 10.1 Å². The van der Waals surface area contributed by atoms with E-state index in [2.05, 4.69) is 15.2 Å². The Morgan fingerprint density at radius 1 is 1.14 bits per heavy atom. The van der Waals surface area contributed by atoms with Gasteiger partial charge in [0.25, 0.3) is 15.7 Å². The molecule has 0 radical (unpaired) electrons. The molecule has 0 unspecified atom stereocenters. The van der Waals surface area contributed by atoms with Gasteiger partial charge in [-0.2, -0.15) is 5.10 Å². The van der Waals surface area contributed by atoms with Gasteiger partial charge in [-0.25, -0.2) is 8.42 Å². The van der Waals surface area contributed by atoms with Crippen molar-refractivity contribution in [2.45, 2.75) is 31.6 Å². The van der Waals surface area contributed by atoms with Crippen LogP contribution in [0.1, 0.15) is 26.7 Å². The quantitative estimate of drug-likeness (QED) is 0.369. The van der Waals surface area contributed by atoms with Crippen molar-refractivity contribution >= 4 is 32.8 Å². The third-order valence-corrected chi connectivity index (χ3v) is 5.35. The predicted octanol–water partition coefficient (Wildman–Crippen LogP) is 3.99. The molecule has 0 aliphatic carbocycles. The van der Waals surface area contributed by atoms with Gasteiger partial charge < -0.3 is 4.74 Å². The molecule has 0 spiro atoms. The summed E-state index contributed by atoms with van der Waals surface area (Å²) >= 11 is 0. The zero-order valence-corrected chi connectivity index (χ0v) is 16.6. The summed E-state index contributed by atoms with van der Waals surface area (Å²) < 4.78 is 32.6. The molecule has 2 N–H and O–H groups in total. The second-order valence-corrected chi connectivity index (χ2v) is 7.45. The van der Waals surface area contributed by atoms with Crippen LogP contribution in [0.15, 0.2) is 52.5 Å². The molecule has 0 aliphatic heterocycles. The number of hydrogen-bond donors (Lipinski definition) is 2. The zero-order chi connectivity index (χ0) is 20.7. The lowest BCUT2D eigenvalue weighted by atomic mass is 10.2. The molecule has 0 heterocycles. The van der Waals surface area contributed by atoms with Crippen LogP contribution >= 0.6 is 0 Å². The van der Waals surface area contributed by atoms with Gasteiger partial charge in [0, 0.05) is 17.5 Å². The van der Waals surface area contributed by atoms with Gasteiger partial charge in [0.05, 0.1) is 16.9 Å². The normalized spacial score (nSPS) is 10.8. The summed E-state index contributed by atoms with van der Waals surface area (Å²) in [6, 6.07) is 9.89. The van der Waals surface area contributed by atoms with Crippen LogP contribution in [-0.4, -0.2) is 26.2 Å². The van der Waals surface area contributed by atoms with E-state index in [9.17, 15) is 18.5 Å². The molecule has 28 heavy (non-hydrogen) atoms. The largest absolute Gasteiger partial charge is 0.497 e. The topological polar surface area (TPSA) is 123 Å². The predicted molar refractivity (Wildman–Crippen MR) is 109 cm³/mol. The molecular formula is C18H22N4O5S. The van der Waals surface area contributed by atoms with Crippen LogP contribution < -0.4 is 14.9 Å². The molecule has 2 rings (SSSR count). The van der Waals surface area contributed by atoms with E-state index in [1.54, 1.807) is 12.1 Å². The maximum Gasteiger partial charge on any atom is 0.295 e. The molecular weight excluding hydrogens is 384 g/mol. The van der Waals surface area contributed by atoms with E-state index in [-0.39, 0.29) is 16.3 Å². The van der Waals surface area contributed by atoms with E-state index in [1.807, 2.05) is 13.8 Å². The Balaban J connectivity index is 2.32. The van der Waals surface area contributed by atoms with Crippen LogP contribution in [0.2, 0.25) is 0 Å². The van der Waals surface area contributed by atoms with E-state index in [0.29, 0.717) is 24.3 Å². The summed E-state index contributed by atoms with van der Waals surface area (Å²) in [7, 11) is -2.50. The van der Waals surface area contributed by atoms with Crippen LogP contribution in [0.3, 0.4) is 0 Å². The van der Waals surface area contributed by atoms with Gasteiger partial charge in [-0.3, -0.25) is 20.3 Å².